The first-order valence-corrected chi connectivity index (χ1v) is 7.36. The summed E-state index contributed by atoms with van der Waals surface area (Å²) in [6, 6.07) is 0. The molecule has 0 bridgehead atoms. The van der Waals surface area contributed by atoms with Gasteiger partial charge >= 0.3 is 13.1 Å². The van der Waals surface area contributed by atoms with Crippen LogP contribution in [0.2, 0.25) is 0 Å². The van der Waals surface area contributed by atoms with Gasteiger partial charge in [-0.1, -0.05) is 6.08 Å². The molecule has 1 saturated heterocycles. The maximum atomic E-state index is 11.9. The molecule has 2 atom stereocenters. The van der Waals surface area contributed by atoms with Crippen LogP contribution in [0.4, 0.5) is 0 Å². The van der Waals surface area contributed by atoms with Crippen molar-refractivity contribution in [3.63, 3.8) is 0 Å². The Kier molecular flexibility index (Phi) is 2.90. The second-order valence-electron chi connectivity index (χ2n) is 7.29. The lowest BCUT2D eigenvalue weighted by atomic mass is 9.70. The summed E-state index contributed by atoms with van der Waals surface area (Å²) in [4.78, 5) is 11.9. The molecule has 4 nitrogen and oxygen atoms in total. The van der Waals surface area contributed by atoms with E-state index < -0.39 is 0 Å². The van der Waals surface area contributed by atoms with Gasteiger partial charge in [-0.3, -0.25) is 4.79 Å². The van der Waals surface area contributed by atoms with E-state index in [4.69, 9.17) is 14.0 Å². The van der Waals surface area contributed by atoms with E-state index in [-0.39, 0.29) is 29.7 Å². The fraction of sp³-hybridized carbons (Fsp3) is 0.800. The molecule has 3 aliphatic rings. The second-order valence-corrected chi connectivity index (χ2v) is 7.29. The molecule has 3 rings (SSSR count). The predicted octanol–water partition coefficient (Wildman–Crippen LogP) is 2.52. The number of carbonyl (C=O) groups is 1. The summed E-state index contributed by atoms with van der Waals surface area (Å²) in [5.41, 5.74) is 0.324. The molecule has 1 saturated carbocycles. The highest BCUT2D eigenvalue weighted by molar-refractivity contribution is 6.54. The molecule has 0 amide bonds. The van der Waals surface area contributed by atoms with Crippen LogP contribution in [0.25, 0.3) is 0 Å². The van der Waals surface area contributed by atoms with Gasteiger partial charge < -0.3 is 14.0 Å². The number of allylic oxidation sites excluding steroid dienone is 2. The largest absolute Gasteiger partial charge is 0.490 e. The van der Waals surface area contributed by atoms with Gasteiger partial charge in [-0.15, -0.1) is 0 Å². The van der Waals surface area contributed by atoms with E-state index in [0.29, 0.717) is 5.92 Å². The Balaban J connectivity index is 1.75. The number of methoxy groups -OCH3 is 1. The van der Waals surface area contributed by atoms with Crippen LogP contribution in [0.3, 0.4) is 0 Å². The quantitative estimate of drug-likeness (QED) is 0.575. The Labute approximate surface area is 121 Å². The maximum Gasteiger partial charge on any atom is 0.490 e. The minimum absolute atomic E-state index is 0.0632. The summed E-state index contributed by atoms with van der Waals surface area (Å²) in [6.45, 7) is 8.25. The number of hydrogen-bond donors (Lipinski definition) is 0. The molecule has 0 N–H and O–H groups in total. The molecule has 1 aliphatic heterocycles. The minimum Gasteiger partial charge on any atom is -0.469 e. The minimum atomic E-state index is -0.307. The molecule has 2 aliphatic carbocycles. The highest BCUT2D eigenvalue weighted by Gasteiger charge is 2.62. The molecule has 0 radical (unpaired) electrons. The third-order valence-corrected chi connectivity index (χ3v) is 5.56. The molecule has 0 spiro atoms. The number of hydrogen-bond acceptors (Lipinski definition) is 4. The number of rotatable bonds is 2. The van der Waals surface area contributed by atoms with Gasteiger partial charge in [0.25, 0.3) is 0 Å². The zero-order valence-corrected chi connectivity index (χ0v) is 13.0. The van der Waals surface area contributed by atoms with Crippen molar-refractivity contribution < 1.29 is 18.8 Å². The van der Waals surface area contributed by atoms with E-state index in [1.807, 2.05) is 0 Å². The summed E-state index contributed by atoms with van der Waals surface area (Å²) in [7, 11) is 1.20. The Bertz CT molecular complexity index is 466. The van der Waals surface area contributed by atoms with Gasteiger partial charge in [0.05, 0.1) is 23.7 Å². The molecular weight excluding hydrogens is 255 g/mol. The van der Waals surface area contributed by atoms with Gasteiger partial charge in [0, 0.05) is 0 Å². The molecule has 0 aromatic carbocycles. The summed E-state index contributed by atoms with van der Waals surface area (Å²) in [5.74, 6) is 0.240. The average molecular weight is 278 g/mol. The van der Waals surface area contributed by atoms with Crippen LogP contribution in [0.15, 0.2) is 11.5 Å². The number of carbonyl (C=O) groups excluding carboxylic acids is 1. The molecule has 0 aromatic rings. The van der Waals surface area contributed by atoms with Crippen LogP contribution in [-0.4, -0.2) is 31.4 Å². The van der Waals surface area contributed by atoms with Crippen molar-refractivity contribution in [1.29, 1.82) is 0 Å². The Hall–Kier alpha value is -0.805. The zero-order valence-electron chi connectivity index (χ0n) is 13.0. The Morgan fingerprint density at radius 3 is 2.40 bits per heavy atom. The second kappa shape index (κ2) is 4.11. The molecule has 5 heteroatoms. The van der Waals surface area contributed by atoms with Gasteiger partial charge in [0.1, 0.15) is 0 Å². The first kappa shape index (κ1) is 14.1. The summed E-state index contributed by atoms with van der Waals surface area (Å²) < 4.78 is 17.1. The average Bonchev–Trinajstić information content (AvgIpc) is 3.05. The standard InChI is InChI=1S/C15H23BO4/c1-13(2)14(3,4)20-16(19-13)11-6-7-15(12(17)18-5)9-10(15)8-11/h8,10H,6-7,9H2,1-5H3/t10-,15-/m0/s1. The van der Waals surface area contributed by atoms with Gasteiger partial charge in [-0.2, -0.15) is 0 Å². The van der Waals surface area contributed by atoms with Crippen LogP contribution in [0, 0.1) is 11.3 Å². The Morgan fingerprint density at radius 2 is 1.90 bits per heavy atom. The number of fused-ring (bicyclic) bond motifs is 1. The van der Waals surface area contributed by atoms with E-state index in [2.05, 4.69) is 33.8 Å². The lowest BCUT2D eigenvalue weighted by Crippen LogP contribution is -2.41. The van der Waals surface area contributed by atoms with Crippen molar-refractivity contribution in [2.75, 3.05) is 7.11 Å². The van der Waals surface area contributed by atoms with E-state index >= 15 is 0 Å². The van der Waals surface area contributed by atoms with E-state index in [0.717, 1.165) is 19.3 Å². The number of ether oxygens (including phenoxy) is 1. The van der Waals surface area contributed by atoms with E-state index in [1.54, 1.807) is 0 Å². The Morgan fingerprint density at radius 1 is 1.30 bits per heavy atom. The molecular formula is C15H23BO4. The third kappa shape index (κ3) is 1.86. The smallest absolute Gasteiger partial charge is 0.469 e. The van der Waals surface area contributed by atoms with Crippen LogP contribution < -0.4 is 0 Å². The first-order chi connectivity index (χ1) is 9.22. The lowest BCUT2D eigenvalue weighted by molar-refractivity contribution is -0.147. The van der Waals surface area contributed by atoms with Crippen molar-refractivity contribution in [2.45, 2.75) is 58.2 Å². The van der Waals surface area contributed by atoms with Crippen LogP contribution >= 0.6 is 0 Å². The summed E-state index contributed by atoms with van der Waals surface area (Å²) in [6.07, 6.45) is 4.79. The van der Waals surface area contributed by atoms with Gasteiger partial charge in [0.15, 0.2) is 0 Å². The topological polar surface area (TPSA) is 44.8 Å². The van der Waals surface area contributed by atoms with Crippen LogP contribution in [0.1, 0.15) is 47.0 Å². The molecule has 1 heterocycles. The van der Waals surface area contributed by atoms with Gasteiger partial charge in [-0.05, 0) is 58.3 Å². The van der Waals surface area contributed by atoms with Gasteiger partial charge in [-0.25, -0.2) is 0 Å². The fourth-order valence-electron chi connectivity index (χ4n) is 3.28. The summed E-state index contributed by atoms with van der Waals surface area (Å²) in [5, 5.41) is 0. The van der Waals surface area contributed by atoms with Crippen LogP contribution in [-0.2, 0) is 18.8 Å². The lowest BCUT2D eigenvalue weighted by Gasteiger charge is -2.32. The van der Waals surface area contributed by atoms with Crippen molar-refractivity contribution >= 4 is 13.1 Å². The SMILES string of the molecule is COC(=O)[C@]12CCC(B3OC(C)(C)C(C)(C)O3)=C[C@H]1C2. The first-order valence-electron chi connectivity index (χ1n) is 7.36. The zero-order chi connectivity index (χ0) is 14.8. The van der Waals surface area contributed by atoms with E-state index in [1.165, 1.54) is 12.6 Å². The van der Waals surface area contributed by atoms with Crippen molar-refractivity contribution in [1.82, 2.24) is 0 Å². The van der Waals surface area contributed by atoms with Gasteiger partial charge in [0.2, 0.25) is 0 Å². The molecule has 20 heavy (non-hydrogen) atoms. The van der Waals surface area contributed by atoms with Crippen molar-refractivity contribution in [3.8, 4) is 0 Å². The van der Waals surface area contributed by atoms with Crippen LogP contribution in [0.5, 0.6) is 0 Å². The third-order valence-electron chi connectivity index (χ3n) is 5.56. The highest BCUT2D eigenvalue weighted by Crippen LogP contribution is 2.61. The predicted molar refractivity (Wildman–Crippen MR) is 76.0 cm³/mol. The molecule has 0 unspecified atom stereocenters. The molecule has 0 aromatic heterocycles. The molecule has 2 fully saturated rings. The van der Waals surface area contributed by atoms with E-state index in [9.17, 15) is 4.79 Å². The normalized spacial score (nSPS) is 37.1. The summed E-state index contributed by atoms with van der Waals surface area (Å²) >= 11 is 0. The fourth-order valence-corrected chi connectivity index (χ4v) is 3.28. The maximum absolute atomic E-state index is 11.9. The van der Waals surface area contributed by atoms with Crippen molar-refractivity contribution in [2.24, 2.45) is 11.3 Å². The highest BCUT2D eigenvalue weighted by atomic mass is 16.7. The van der Waals surface area contributed by atoms with Crippen molar-refractivity contribution in [3.05, 3.63) is 11.5 Å². The number of esters is 1. The molecule has 110 valence electrons. The monoisotopic (exact) mass is 278 g/mol.